The number of nitrogens with one attached hydrogen (secondary N) is 1. The molecule has 0 aliphatic heterocycles. The first-order chi connectivity index (χ1) is 9.18. The van der Waals surface area contributed by atoms with E-state index in [1.165, 1.54) is 11.8 Å². The van der Waals surface area contributed by atoms with Gasteiger partial charge >= 0.3 is 0 Å². The fourth-order valence-electron chi connectivity index (χ4n) is 1.48. The Morgan fingerprint density at radius 1 is 1.45 bits per heavy atom. The minimum atomic E-state index is -0.473. The van der Waals surface area contributed by atoms with E-state index in [0.717, 1.165) is 13.1 Å². The van der Waals surface area contributed by atoms with Crippen molar-refractivity contribution in [1.29, 1.82) is 0 Å². The number of likely N-dealkylation sites (N-methyl/N-ethyl adjacent to an activating group) is 1. The van der Waals surface area contributed by atoms with Crippen LogP contribution < -0.4 is 11.1 Å². The van der Waals surface area contributed by atoms with Crippen molar-refractivity contribution < 1.29 is 9.59 Å². The molecule has 0 aliphatic carbocycles. The zero-order valence-corrected chi connectivity index (χ0v) is 14.5. The van der Waals surface area contributed by atoms with Crippen molar-refractivity contribution in [2.45, 2.75) is 37.2 Å². The van der Waals surface area contributed by atoms with Crippen LogP contribution in [0.4, 0.5) is 0 Å². The third kappa shape index (κ3) is 9.50. The Morgan fingerprint density at radius 2 is 2.05 bits per heavy atom. The maximum absolute atomic E-state index is 11.7. The van der Waals surface area contributed by atoms with E-state index in [4.69, 9.17) is 5.73 Å². The number of thioether (sulfide) groups is 1. The second-order valence-corrected chi connectivity index (χ2v) is 7.72. The summed E-state index contributed by atoms with van der Waals surface area (Å²) < 4.78 is -0.209. The Morgan fingerprint density at radius 3 is 2.55 bits per heavy atom. The molecule has 0 radical (unpaired) electrons. The molecule has 0 spiro atoms. The first-order valence-corrected chi connectivity index (χ1v) is 8.24. The smallest absolute Gasteiger partial charge is 0.230 e. The van der Waals surface area contributed by atoms with Crippen molar-refractivity contribution in [3.05, 3.63) is 0 Å². The van der Waals surface area contributed by atoms with Crippen LogP contribution in [0.25, 0.3) is 0 Å². The zero-order chi connectivity index (χ0) is 15.8. The van der Waals surface area contributed by atoms with Gasteiger partial charge in [-0.1, -0.05) is 20.8 Å². The molecular weight excluding hydrogens is 294 g/mol. The van der Waals surface area contributed by atoms with Crippen LogP contribution in [0.3, 0.4) is 0 Å². The summed E-state index contributed by atoms with van der Waals surface area (Å²) in [5.74, 6) is -0.0290. The molecule has 3 N–H and O–H groups in total. The van der Waals surface area contributed by atoms with Gasteiger partial charge in [0.1, 0.15) is 0 Å². The molecule has 118 valence electrons. The first kappa shape index (κ1) is 19.6. The summed E-state index contributed by atoms with van der Waals surface area (Å²) in [5, 5.41) is 2.41. The third-order valence-corrected chi connectivity index (χ3v) is 4.75. The summed E-state index contributed by atoms with van der Waals surface area (Å²) in [4.78, 5) is 24.9. The molecule has 0 aromatic carbocycles. The van der Waals surface area contributed by atoms with Gasteiger partial charge in [-0.2, -0.15) is 12.6 Å². The summed E-state index contributed by atoms with van der Waals surface area (Å²) >= 11 is 5.67. The minimum absolute atomic E-state index is 0.0161. The average molecular weight is 322 g/mol. The molecule has 1 atom stereocenters. The minimum Gasteiger partial charge on any atom is -0.369 e. The van der Waals surface area contributed by atoms with Gasteiger partial charge in [0.15, 0.2) is 0 Å². The van der Waals surface area contributed by atoms with Crippen LogP contribution in [0.1, 0.15) is 27.2 Å². The van der Waals surface area contributed by atoms with E-state index >= 15 is 0 Å². The summed E-state index contributed by atoms with van der Waals surface area (Å²) in [7, 11) is 2.01. The van der Waals surface area contributed by atoms with E-state index in [2.05, 4.69) is 29.8 Å². The number of rotatable bonds is 10. The summed E-state index contributed by atoms with van der Waals surface area (Å²) in [6.45, 7) is 8.52. The van der Waals surface area contributed by atoms with Gasteiger partial charge in [-0.25, -0.2) is 0 Å². The van der Waals surface area contributed by atoms with Crippen LogP contribution in [0, 0.1) is 0 Å². The third-order valence-electron chi connectivity index (χ3n) is 2.96. The number of primary amides is 1. The second-order valence-electron chi connectivity index (χ2n) is 5.42. The summed E-state index contributed by atoms with van der Waals surface area (Å²) in [5.41, 5.74) is 5.20. The molecule has 5 nitrogen and oxygen atoms in total. The predicted octanol–water partition coefficient (Wildman–Crippen LogP) is 0.740. The predicted molar refractivity (Wildman–Crippen MR) is 89.3 cm³/mol. The Hall–Kier alpha value is -0.400. The van der Waals surface area contributed by atoms with Crippen LogP contribution in [0.2, 0.25) is 0 Å². The Kier molecular flexibility index (Phi) is 9.33. The van der Waals surface area contributed by atoms with Crippen molar-refractivity contribution in [2.24, 2.45) is 5.73 Å². The van der Waals surface area contributed by atoms with Crippen molar-refractivity contribution in [3.8, 4) is 0 Å². The van der Waals surface area contributed by atoms with Gasteiger partial charge < -0.3 is 16.0 Å². The molecule has 0 saturated carbocycles. The van der Waals surface area contributed by atoms with Gasteiger partial charge in [-0.15, -0.1) is 11.8 Å². The van der Waals surface area contributed by atoms with E-state index in [1.807, 2.05) is 20.9 Å². The Balaban J connectivity index is 3.95. The molecule has 0 aromatic rings. The van der Waals surface area contributed by atoms with Gasteiger partial charge in [0, 0.05) is 17.8 Å². The number of hydrogen-bond acceptors (Lipinski definition) is 5. The van der Waals surface area contributed by atoms with E-state index in [1.54, 1.807) is 0 Å². The van der Waals surface area contributed by atoms with E-state index in [0.29, 0.717) is 18.7 Å². The molecule has 0 heterocycles. The Bertz CT molecular complexity index is 325. The van der Waals surface area contributed by atoms with Crippen LogP contribution in [0.5, 0.6) is 0 Å². The van der Waals surface area contributed by atoms with Crippen LogP contribution in [-0.4, -0.2) is 59.1 Å². The van der Waals surface area contributed by atoms with E-state index < -0.39 is 11.2 Å². The fourth-order valence-corrected chi connectivity index (χ4v) is 2.97. The van der Waals surface area contributed by atoms with Crippen LogP contribution in [0.15, 0.2) is 0 Å². The highest BCUT2D eigenvalue weighted by Crippen LogP contribution is 2.30. The summed E-state index contributed by atoms with van der Waals surface area (Å²) in [6, 6.07) is 0. The lowest BCUT2D eigenvalue weighted by atomic mass is 10.1. The van der Waals surface area contributed by atoms with Crippen molar-refractivity contribution in [3.63, 3.8) is 0 Å². The number of hydrogen-bond donors (Lipinski definition) is 3. The quantitative estimate of drug-likeness (QED) is 0.519. The van der Waals surface area contributed by atoms with Crippen molar-refractivity contribution in [1.82, 2.24) is 10.2 Å². The Labute approximate surface area is 131 Å². The molecule has 1 unspecified atom stereocenters. The number of nitrogens with two attached hydrogens (primary N) is 1. The van der Waals surface area contributed by atoms with Gasteiger partial charge in [-0.3, -0.25) is 9.59 Å². The molecule has 0 rings (SSSR count). The molecule has 0 saturated heterocycles. The molecule has 0 fully saturated rings. The van der Waals surface area contributed by atoms with Crippen LogP contribution >= 0.6 is 24.4 Å². The largest absolute Gasteiger partial charge is 0.369 e. The highest BCUT2D eigenvalue weighted by Gasteiger charge is 2.25. The highest BCUT2D eigenvalue weighted by molar-refractivity contribution is 8.01. The maximum atomic E-state index is 11.7. The standard InChI is InChI=1S/C13H27N3O2S2/c1-5-16(4)7-6-15-11(17)9-20-13(2,3)8-10(19)12(14)18/h10,19H,5-9H2,1-4H3,(H2,14,18)(H,15,17). The van der Waals surface area contributed by atoms with Crippen molar-refractivity contribution in [2.75, 3.05) is 32.4 Å². The van der Waals surface area contributed by atoms with E-state index in [9.17, 15) is 9.59 Å². The van der Waals surface area contributed by atoms with Gasteiger partial charge in [-0.05, 0) is 20.0 Å². The summed E-state index contributed by atoms with van der Waals surface area (Å²) in [6.07, 6.45) is 0.544. The molecular formula is C13H27N3O2S2. The number of nitrogens with zero attached hydrogens (tertiary/aromatic N) is 1. The lowest BCUT2D eigenvalue weighted by Crippen LogP contribution is -2.35. The van der Waals surface area contributed by atoms with Gasteiger partial charge in [0.05, 0.1) is 11.0 Å². The molecule has 0 bridgehead atoms. The molecule has 0 aliphatic rings. The normalized spacial score (nSPS) is 13.3. The van der Waals surface area contributed by atoms with Gasteiger partial charge in [0.25, 0.3) is 0 Å². The van der Waals surface area contributed by atoms with Crippen LogP contribution in [-0.2, 0) is 9.59 Å². The van der Waals surface area contributed by atoms with Gasteiger partial charge in [0.2, 0.25) is 11.8 Å². The number of thiol groups is 1. The number of amides is 2. The zero-order valence-electron chi connectivity index (χ0n) is 12.8. The lowest BCUT2D eigenvalue weighted by Gasteiger charge is -2.25. The molecule has 20 heavy (non-hydrogen) atoms. The average Bonchev–Trinajstić information content (AvgIpc) is 2.35. The lowest BCUT2D eigenvalue weighted by molar-refractivity contribution is -0.119. The number of carbonyl (C=O) groups excluding carboxylic acids is 2. The fraction of sp³-hybridized carbons (Fsp3) is 0.846. The molecule has 2 amide bonds. The van der Waals surface area contributed by atoms with Crippen molar-refractivity contribution >= 4 is 36.2 Å². The topological polar surface area (TPSA) is 75.4 Å². The monoisotopic (exact) mass is 321 g/mol. The highest BCUT2D eigenvalue weighted by atomic mass is 32.2. The second kappa shape index (κ2) is 9.52. The molecule has 7 heteroatoms. The first-order valence-electron chi connectivity index (χ1n) is 6.74. The maximum Gasteiger partial charge on any atom is 0.230 e. The van der Waals surface area contributed by atoms with E-state index in [-0.39, 0.29) is 10.7 Å². The SMILES string of the molecule is CCN(C)CCNC(=O)CSC(C)(C)CC(S)C(N)=O. The number of carbonyl (C=O) groups is 2. The molecule has 0 aromatic heterocycles.